The Bertz CT molecular complexity index is 170. The number of carbonyl (C=O) groups is 1. The van der Waals surface area contributed by atoms with Crippen LogP contribution in [0.5, 0.6) is 0 Å². The van der Waals surface area contributed by atoms with Crippen LogP contribution in [-0.4, -0.2) is 12.1 Å². The highest BCUT2D eigenvalue weighted by atomic mass is 16.5. The van der Waals surface area contributed by atoms with Gasteiger partial charge in [0.05, 0.1) is 6.10 Å². The average molecular weight is 140 g/mol. The monoisotopic (exact) mass is 140 g/mol. The fourth-order valence-electron chi connectivity index (χ4n) is 1.04. The smallest absolute Gasteiger partial charge is 0.333 e. The van der Waals surface area contributed by atoms with Gasteiger partial charge in [-0.25, -0.2) is 4.79 Å². The number of ether oxygens (including phenoxy) is 1. The minimum Gasteiger partial charge on any atom is -0.459 e. The van der Waals surface area contributed by atoms with Crippen LogP contribution in [0.15, 0.2) is 11.6 Å². The van der Waals surface area contributed by atoms with Crippen LogP contribution < -0.4 is 0 Å². The van der Waals surface area contributed by atoms with Gasteiger partial charge in [0.2, 0.25) is 0 Å². The van der Waals surface area contributed by atoms with E-state index in [0.717, 1.165) is 18.4 Å². The molecule has 1 saturated heterocycles. The van der Waals surface area contributed by atoms with Gasteiger partial charge in [-0.15, -0.1) is 0 Å². The fourth-order valence-corrected chi connectivity index (χ4v) is 1.04. The van der Waals surface area contributed by atoms with E-state index < -0.39 is 0 Å². The van der Waals surface area contributed by atoms with E-state index in [0.29, 0.717) is 0 Å². The number of esters is 1. The zero-order valence-electron chi connectivity index (χ0n) is 6.39. The van der Waals surface area contributed by atoms with Crippen LogP contribution in [0.1, 0.15) is 26.7 Å². The lowest BCUT2D eigenvalue weighted by Gasteiger charge is -2.19. The maximum absolute atomic E-state index is 10.9. The third kappa shape index (κ3) is 1.38. The molecule has 0 saturated carbocycles. The molecule has 56 valence electrons. The molecule has 0 aromatic heterocycles. The summed E-state index contributed by atoms with van der Waals surface area (Å²) in [5, 5.41) is 0. The summed E-state index contributed by atoms with van der Waals surface area (Å²) in [5.74, 6) is -0.138. The lowest BCUT2D eigenvalue weighted by molar-refractivity contribution is -0.146. The molecule has 0 aromatic rings. The lowest BCUT2D eigenvalue weighted by atomic mass is 10.0. The standard InChI is InChI=1S/C8H12O2/c1-3-7-5-4-6(2)10-8(7)9/h3,6H,4-5H2,1-2H3. The van der Waals surface area contributed by atoms with Gasteiger partial charge >= 0.3 is 5.97 Å². The van der Waals surface area contributed by atoms with Crippen molar-refractivity contribution in [1.82, 2.24) is 0 Å². The maximum Gasteiger partial charge on any atom is 0.333 e. The SMILES string of the molecule is CC=C1CCC(C)OC1=O. The summed E-state index contributed by atoms with van der Waals surface area (Å²) in [6, 6.07) is 0. The molecule has 2 nitrogen and oxygen atoms in total. The molecule has 1 aliphatic rings. The van der Waals surface area contributed by atoms with Crippen molar-refractivity contribution in [2.75, 3.05) is 0 Å². The molecule has 0 bridgehead atoms. The second-order valence-corrected chi connectivity index (χ2v) is 2.57. The molecule has 0 N–H and O–H groups in total. The van der Waals surface area contributed by atoms with Gasteiger partial charge in [-0.3, -0.25) is 0 Å². The van der Waals surface area contributed by atoms with E-state index in [-0.39, 0.29) is 12.1 Å². The van der Waals surface area contributed by atoms with Crippen LogP contribution in [0.2, 0.25) is 0 Å². The molecule has 0 amide bonds. The second-order valence-electron chi connectivity index (χ2n) is 2.57. The van der Waals surface area contributed by atoms with Crippen molar-refractivity contribution >= 4 is 5.97 Å². The summed E-state index contributed by atoms with van der Waals surface area (Å²) in [6.45, 7) is 3.79. The first-order valence-corrected chi connectivity index (χ1v) is 3.60. The van der Waals surface area contributed by atoms with Crippen molar-refractivity contribution < 1.29 is 9.53 Å². The summed E-state index contributed by atoms with van der Waals surface area (Å²) in [5.41, 5.74) is 0.818. The highest BCUT2D eigenvalue weighted by Gasteiger charge is 2.20. The van der Waals surface area contributed by atoms with Crippen molar-refractivity contribution in [3.8, 4) is 0 Å². The molecule has 1 unspecified atom stereocenters. The largest absolute Gasteiger partial charge is 0.459 e. The van der Waals surface area contributed by atoms with Crippen LogP contribution in [0.4, 0.5) is 0 Å². The van der Waals surface area contributed by atoms with Gasteiger partial charge in [0.15, 0.2) is 0 Å². The van der Waals surface area contributed by atoms with E-state index in [1.54, 1.807) is 0 Å². The van der Waals surface area contributed by atoms with E-state index in [2.05, 4.69) is 0 Å². The van der Waals surface area contributed by atoms with E-state index >= 15 is 0 Å². The molecule has 2 heteroatoms. The molecule has 1 fully saturated rings. The first-order chi connectivity index (χ1) is 4.74. The molecule has 0 radical (unpaired) electrons. The molecule has 10 heavy (non-hydrogen) atoms. The molecule has 0 aromatic carbocycles. The van der Waals surface area contributed by atoms with Gasteiger partial charge < -0.3 is 4.74 Å². The number of hydrogen-bond acceptors (Lipinski definition) is 2. The minimum atomic E-state index is -0.138. The number of cyclic esters (lactones) is 1. The van der Waals surface area contributed by atoms with Gasteiger partial charge in [-0.05, 0) is 26.7 Å². The Labute approximate surface area is 60.9 Å². The molecule has 1 atom stereocenters. The number of rotatable bonds is 0. The van der Waals surface area contributed by atoms with Gasteiger partial charge in [0.25, 0.3) is 0 Å². The summed E-state index contributed by atoms with van der Waals surface area (Å²) in [4.78, 5) is 10.9. The molecule has 1 rings (SSSR count). The Morgan fingerprint density at radius 1 is 1.70 bits per heavy atom. The van der Waals surface area contributed by atoms with Crippen molar-refractivity contribution in [3.05, 3.63) is 11.6 Å². The van der Waals surface area contributed by atoms with Gasteiger partial charge in [0, 0.05) is 5.57 Å². The van der Waals surface area contributed by atoms with Crippen molar-refractivity contribution in [1.29, 1.82) is 0 Å². The quantitative estimate of drug-likeness (QED) is 0.378. The Hall–Kier alpha value is -0.790. The van der Waals surface area contributed by atoms with Crippen molar-refractivity contribution in [2.45, 2.75) is 32.8 Å². The average Bonchev–Trinajstić information content (AvgIpc) is 1.88. The summed E-state index contributed by atoms with van der Waals surface area (Å²) >= 11 is 0. The molecule has 0 aliphatic carbocycles. The predicted molar refractivity (Wildman–Crippen MR) is 38.5 cm³/mol. The van der Waals surface area contributed by atoms with E-state index in [1.165, 1.54) is 0 Å². The first-order valence-electron chi connectivity index (χ1n) is 3.60. The van der Waals surface area contributed by atoms with E-state index in [9.17, 15) is 4.79 Å². The Kier molecular flexibility index (Phi) is 2.10. The Balaban J connectivity index is 2.61. The van der Waals surface area contributed by atoms with Gasteiger partial charge in [0.1, 0.15) is 0 Å². The number of allylic oxidation sites excluding steroid dienone is 1. The highest BCUT2D eigenvalue weighted by molar-refractivity contribution is 5.89. The fraction of sp³-hybridized carbons (Fsp3) is 0.625. The first kappa shape index (κ1) is 7.32. The van der Waals surface area contributed by atoms with E-state index in [1.807, 2.05) is 19.9 Å². The Morgan fingerprint density at radius 2 is 2.40 bits per heavy atom. The maximum atomic E-state index is 10.9. The lowest BCUT2D eigenvalue weighted by Crippen LogP contribution is -2.22. The Morgan fingerprint density at radius 3 is 2.90 bits per heavy atom. The predicted octanol–water partition coefficient (Wildman–Crippen LogP) is 1.66. The molecular weight excluding hydrogens is 128 g/mol. The van der Waals surface area contributed by atoms with Crippen LogP contribution in [0.25, 0.3) is 0 Å². The van der Waals surface area contributed by atoms with Gasteiger partial charge in [-0.1, -0.05) is 6.08 Å². The normalized spacial score (nSPS) is 30.4. The third-order valence-corrected chi connectivity index (χ3v) is 1.74. The topological polar surface area (TPSA) is 26.3 Å². The molecule has 1 heterocycles. The van der Waals surface area contributed by atoms with Crippen LogP contribution in [0, 0.1) is 0 Å². The zero-order valence-corrected chi connectivity index (χ0v) is 6.39. The zero-order chi connectivity index (χ0) is 7.56. The molecule has 1 aliphatic heterocycles. The summed E-state index contributed by atoms with van der Waals surface area (Å²) in [6.07, 6.45) is 3.77. The van der Waals surface area contributed by atoms with E-state index in [4.69, 9.17) is 4.74 Å². The third-order valence-electron chi connectivity index (χ3n) is 1.74. The second kappa shape index (κ2) is 2.86. The molecular formula is C8H12O2. The van der Waals surface area contributed by atoms with Crippen molar-refractivity contribution in [3.63, 3.8) is 0 Å². The highest BCUT2D eigenvalue weighted by Crippen LogP contribution is 2.18. The van der Waals surface area contributed by atoms with Crippen molar-refractivity contribution in [2.24, 2.45) is 0 Å². The minimum absolute atomic E-state index is 0.108. The van der Waals surface area contributed by atoms with Gasteiger partial charge in [-0.2, -0.15) is 0 Å². The van der Waals surface area contributed by atoms with Crippen LogP contribution in [-0.2, 0) is 9.53 Å². The summed E-state index contributed by atoms with van der Waals surface area (Å²) in [7, 11) is 0. The van der Waals surface area contributed by atoms with Crippen LogP contribution in [0.3, 0.4) is 0 Å². The number of carbonyl (C=O) groups excluding carboxylic acids is 1. The summed E-state index contributed by atoms with van der Waals surface area (Å²) < 4.78 is 4.98. The number of hydrogen-bond donors (Lipinski definition) is 0. The molecule has 0 spiro atoms. The van der Waals surface area contributed by atoms with Crippen LogP contribution >= 0.6 is 0 Å².